The van der Waals surface area contributed by atoms with Gasteiger partial charge in [0.25, 0.3) is 0 Å². The Balaban J connectivity index is 2.13. The second-order valence-electron chi connectivity index (χ2n) is 3.12. The van der Waals surface area contributed by atoms with Crippen molar-refractivity contribution in [3.8, 4) is 0 Å². The summed E-state index contributed by atoms with van der Waals surface area (Å²) in [5.41, 5.74) is 0.473. The van der Waals surface area contributed by atoms with Crippen molar-refractivity contribution in [2.24, 2.45) is 0 Å². The van der Waals surface area contributed by atoms with Crippen molar-refractivity contribution in [1.29, 1.82) is 0 Å². The minimum absolute atomic E-state index is 0.130. The molecular formula is C9H9NO5. The number of ether oxygens (including phenoxy) is 1. The van der Waals surface area contributed by atoms with Crippen LogP contribution in [0.1, 0.15) is 16.1 Å². The topological polar surface area (TPSA) is 80.0 Å². The fourth-order valence-electron chi connectivity index (χ4n) is 1.42. The average Bonchev–Trinajstić information content (AvgIpc) is 2.77. The summed E-state index contributed by atoms with van der Waals surface area (Å²) < 4.78 is 9.52. The lowest BCUT2D eigenvalue weighted by Gasteiger charge is -2.10. The number of carboxylic acid groups (broad SMARTS) is 1. The number of cyclic esters (lactones) is 1. The van der Waals surface area contributed by atoms with E-state index >= 15 is 0 Å². The van der Waals surface area contributed by atoms with Gasteiger partial charge in [0.05, 0.1) is 19.4 Å². The van der Waals surface area contributed by atoms with Gasteiger partial charge in [-0.25, -0.2) is 9.59 Å². The fourth-order valence-corrected chi connectivity index (χ4v) is 1.42. The zero-order valence-corrected chi connectivity index (χ0v) is 7.80. The lowest BCUT2D eigenvalue weighted by Crippen LogP contribution is -2.24. The first kappa shape index (κ1) is 9.57. The summed E-state index contributed by atoms with van der Waals surface area (Å²) in [5, 5.41) is 8.77. The molecule has 0 radical (unpaired) electrons. The number of hydrogen-bond acceptors (Lipinski definition) is 4. The van der Waals surface area contributed by atoms with Gasteiger partial charge in [-0.05, 0) is 6.07 Å². The standard InChI is InChI=1S/C9H9NO5/c11-8(12)7-6(1-3-14-7)5-10-2-4-15-9(10)13/h1,3H,2,4-5H2,(H,11,12). The number of amides is 1. The SMILES string of the molecule is O=C(O)c1occc1CN1CCOC1=O. The van der Waals surface area contributed by atoms with Crippen LogP contribution in [0, 0.1) is 0 Å². The lowest BCUT2D eigenvalue weighted by atomic mass is 10.2. The van der Waals surface area contributed by atoms with E-state index in [4.69, 9.17) is 14.3 Å². The largest absolute Gasteiger partial charge is 0.475 e. The molecule has 1 fully saturated rings. The maximum absolute atomic E-state index is 11.1. The van der Waals surface area contributed by atoms with E-state index in [2.05, 4.69) is 0 Å². The van der Waals surface area contributed by atoms with E-state index in [1.807, 2.05) is 0 Å². The number of nitrogens with zero attached hydrogens (tertiary/aromatic N) is 1. The van der Waals surface area contributed by atoms with Crippen molar-refractivity contribution in [1.82, 2.24) is 4.90 Å². The van der Waals surface area contributed by atoms with Gasteiger partial charge in [-0.1, -0.05) is 0 Å². The number of rotatable bonds is 3. The Morgan fingerprint density at radius 3 is 3.00 bits per heavy atom. The number of carbonyl (C=O) groups excluding carboxylic acids is 1. The van der Waals surface area contributed by atoms with Gasteiger partial charge >= 0.3 is 12.1 Å². The summed E-state index contributed by atoms with van der Waals surface area (Å²) in [7, 11) is 0. The van der Waals surface area contributed by atoms with Gasteiger partial charge in [0.1, 0.15) is 6.61 Å². The Hall–Kier alpha value is -1.98. The van der Waals surface area contributed by atoms with E-state index in [0.717, 1.165) is 0 Å². The maximum atomic E-state index is 11.1. The highest BCUT2D eigenvalue weighted by molar-refractivity contribution is 5.86. The van der Waals surface area contributed by atoms with Crippen LogP contribution in [-0.2, 0) is 11.3 Å². The summed E-state index contributed by atoms with van der Waals surface area (Å²) in [5.74, 6) is -1.27. The first-order valence-corrected chi connectivity index (χ1v) is 4.40. The first-order chi connectivity index (χ1) is 7.18. The predicted molar refractivity (Wildman–Crippen MR) is 47.4 cm³/mol. The molecule has 1 saturated heterocycles. The summed E-state index contributed by atoms with van der Waals surface area (Å²) >= 11 is 0. The van der Waals surface area contributed by atoms with E-state index in [1.165, 1.54) is 17.2 Å². The molecule has 0 bridgehead atoms. The molecule has 80 valence electrons. The molecule has 0 spiro atoms. The average molecular weight is 211 g/mol. The molecule has 6 nitrogen and oxygen atoms in total. The highest BCUT2D eigenvalue weighted by Gasteiger charge is 2.24. The van der Waals surface area contributed by atoms with Crippen LogP contribution in [0.4, 0.5) is 4.79 Å². The summed E-state index contributed by atoms with van der Waals surface area (Å²) in [6, 6.07) is 1.54. The van der Waals surface area contributed by atoms with Crippen LogP contribution in [0.25, 0.3) is 0 Å². The molecule has 0 aromatic carbocycles. The van der Waals surface area contributed by atoms with Crippen molar-refractivity contribution >= 4 is 12.1 Å². The summed E-state index contributed by atoms with van der Waals surface area (Å²) in [6.07, 6.45) is 0.868. The molecule has 1 N–H and O–H groups in total. The quantitative estimate of drug-likeness (QED) is 0.804. The van der Waals surface area contributed by atoms with Gasteiger partial charge in [0.2, 0.25) is 5.76 Å². The van der Waals surface area contributed by atoms with Gasteiger partial charge in [0.15, 0.2) is 0 Å². The van der Waals surface area contributed by atoms with Crippen LogP contribution in [0.2, 0.25) is 0 Å². The molecule has 1 aromatic heterocycles. The van der Waals surface area contributed by atoms with Gasteiger partial charge in [-0.2, -0.15) is 0 Å². The zero-order valence-electron chi connectivity index (χ0n) is 7.80. The third-order valence-electron chi connectivity index (χ3n) is 2.15. The Kier molecular flexibility index (Phi) is 2.32. The molecule has 6 heteroatoms. The second kappa shape index (κ2) is 3.64. The molecule has 0 unspecified atom stereocenters. The molecule has 0 aliphatic carbocycles. The van der Waals surface area contributed by atoms with Crippen molar-refractivity contribution in [2.75, 3.05) is 13.2 Å². The van der Waals surface area contributed by atoms with Crippen LogP contribution < -0.4 is 0 Å². The maximum Gasteiger partial charge on any atom is 0.410 e. The summed E-state index contributed by atoms with van der Waals surface area (Å²) in [6.45, 7) is 1.03. The third-order valence-corrected chi connectivity index (χ3v) is 2.15. The minimum Gasteiger partial charge on any atom is -0.475 e. The number of carboxylic acids is 1. The van der Waals surface area contributed by atoms with Crippen molar-refractivity contribution in [2.45, 2.75) is 6.54 Å². The molecule has 1 aliphatic rings. The highest BCUT2D eigenvalue weighted by Crippen LogP contribution is 2.15. The molecular weight excluding hydrogens is 202 g/mol. The Bertz CT molecular complexity index is 397. The molecule has 1 aromatic rings. The van der Waals surface area contributed by atoms with Crippen LogP contribution in [0.3, 0.4) is 0 Å². The monoisotopic (exact) mass is 211 g/mol. The molecule has 15 heavy (non-hydrogen) atoms. The molecule has 0 saturated carbocycles. The van der Waals surface area contributed by atoms with Crippen LogP contribution in [0.5, 0.6) is 0 Å². The van der Waals surface area contributed by atoms with Crippen molar-refractivity contribution < 1.29 is 23.8 Å². The van der Waals surface area contributed by atoms with E-state index in [9.17, 15) is 9.59 Å². The molecule has 0 atom stereocenters. The number of furan rings is 1. The van der Waals surface area contributed by atoms with Gasteiger partial charge in [0, 0.05) is 5.56 Å². The predicted octanol–water partition coefficient (Wildman–Crippen LogP) is 0.930. The van der Waals surface area contributed by atoms with E-state index in [-0.39, 0.29) is 12.3 Å². The lowest BCUT2D eigenvalue weighted by molar-refractivity contribution is 0.0659. The molecule has 1 aliphatic heterocycles. The number of hydrogen-bond donors (Lipinski definition) is 1. The van der Waals surface area contributed by atoms with E-state index in [1.54, 1.807) is 0 Å². The minimum atomic E-state index is -1.14. The Morgan fingerprint density at radius 1 is 1.60 bits per heavy atom. The van der Waals surface area contributed by atoms with E-state index < -0.39 is 12.1 Å². The summed E-state index contributed by atoms with van der Waals surface area (Å²) in [4.78, 5) is 23.2. The second-order valence-corrected chi connectivity index (χ2v) is 3.12. The van der Waals surface area contributed by atoms with Crippen LogP contribution >= 0.6 is 0 Å². The van der Waals surface area contributed by atoms with Gasteiger partial charge in [-0.15, -0.1) is 0 Å². The highest BCUT2D eigenvalue weighted by atomic mass is 16.6. The normalized spacial score (nSPS) is 15.5. The van der Waals surface area contributed by atoms with Crippen molar-refractivity contribution in [3.63, 3.8) is 0 Å². The Morgan fingerprint density at radius 2 is 2.40 bits per heavy atom. The number of aromatic carboxylic acids is 1. The Labute approximate surface area is 85.0 Å². The van der Waals surface area contributed by atoms with Gasteiger partial charge in [-0.3, -0.25) is 0 Å². The number of carbonyl (C=O) groups is 2. The fraction of sp³-hybridized carbons (Fsp3) is 0.333. The van der Waals surface area contributed by atoms with Gasteiger partial charge < -0.3 is 19.2 Å². The zero-order chi connectivity index (χ0) is 10.8. The smallest absolute Gasteiger partial charge is 0.410 e. The van der Waals surface area contributed by atoms with Crippen molar-refractivity contribution in [3.05, 3.63) is 23.7 Å². The molecule has 1 amide bonds. The molecule has 2 rings (SSSR count). The van der Waals surface area contributed by atoms with E-state index in [0.29, 0.717) is 18.7 Å². The van der Waals surface area contributed by atoms with Crippen LogP contribution in [0.15, 0.2) is 16.7 Å². The first-order valence-electron chi connectivity index (χ1n) is 4.40. The van der Waals surface area contributed by atoms with Crippen LogP contribution in [-0.4, -0.2) is 35.2 Å². The third kappa shape index (κ3) is 1.78. The molecule has 2 heterocycles.